The average Bonchev–Trinajstić information content (AvgIpc) is 2.16. The van der Waals surface area contributed by atoms with Crippen LogP contribution in [0, 0.1) is 0 Å². The van der Waals surface area contributed by atoms with Gasteiger partial charge >= 0.3 is 0 Å². The zero-order valence-electron chi connectivity index (χ0n) is 8.70. The predicted molar refractivity (Wildman–Crippen MR) is 63.0 cm³/mol. The molecule has 0 bridgehead atoms. The fourth-order valence-corrected chi connectivity index (χ4v) is 1.71. The first-order valence-electron chi connectivity index (χ1n) is 5.51. The van der Waals surface area contributed by atoms with Gasteiger partial charge in [0.2, 0.25) is 0 Å². The van der Waals surface area contributed by atoms with Crippen molar-refractivity contribution in [1.29, 1.82) is 0 Å². The van der Waals surface area contributed by atoms with Crippen molar-refractivity contribution in [3.05, 3.63) is 0 Å². The number of rotatable bonds is 9. The Kier molecular flexibility index (Phi) is 11.1. The Hall–Kier alpha value is 0.580. The molecule has 0 nitrogen and oxygen atoms in total. The minimum absolute atomic E-state index is 0.192. The fourth-order valence-electron chi connectivity index (χ4n) is 1.40. The van der Waals surface area contributed by atoms with Crippen molar-refractivity contribution in [2.24, 2.45) is 0 Å². The lowest BCUT2D eigenvalue weighted by atomic mass is 10.1. The summed E-state index contributed by atoms with van der Waals surface area (Å²) in [4.78, 5) is 0. The summed E-state index contributed by atoms with van der Waals surface area (Å²) in [6, 6.07) is 0. The molecule has 0 aliphatic rings. The van der Waals surface area contributed by atoms with Crippen LogP contribution < -0.4 is 0 Å². The molecule has 0 rings (SSSR count). The van der Waals surface area contributed by atoms with Crippen LogP contribution in [0.3, 0.4) is 0 Å². The molecule has 0 amide bonds. The van der Waals surface area contributed by atoms with Gasteiger partial charge in [0.1, 0.15) is 0 Å². The van der Waals surface area contributed by atoms with Gasteiger partial charge in [-0.2, -0.15) is 0 Å². The summed E-state index contributed by atoms with van der Waals surface area (Å²) in [6.45, 7) is 2.25. The zero-order valence-corrected chi connectivity index (χ0v) is 10.2. The van der Waals surface area contributed by atoms with Crippen molar-refractivity contribution in [3.8, 4) is 0 Å². The molecule has 0 aliphatic carbocycles. The van der Waals surface area contributed by atoms with E-state index in [0.717, 1.165) is 6.42 Å². The van der Waals surface area contributed by atoms with Gasteiger partial charge in [0, 0.05) is 11.3 Å². The average molecular weight is 225 g/mol. The molecule has 1 atom stereocenters. The van der Waals surface area contributed by atoms with E-state index in [9.17, 15) is 0 Å². The van der Waals surface area contributed by atoms with Crippen molar-refractivity contribution in [2.45, 2.75) is 63.7 Å². The van der Waals surface area contributed by atoms with E-state index in [1.54, 1.807) is 0 Å². The van der Waals surface area contributed by atoms with Gasteiger partial charge in [0.05, 0.1) is 0 Å². The van der Waals surface area contributed by atoms with Gasteiger partial charge in [0.25, 0.3) is 0 Å². The van der Waals surface area contributed by atoms with E-state index in [-0.39, 0.29) is 5.38 Å². The smallest absolute Gasteiger partial charge is 0.0471 e. The van der Waals surface area contributed by atoms with Crippen LogP contribution in [0.4, 0.5) is 0 Å². The first-order valence-corrected chi connectivity index (χ1v) is 6.48. The van der Waals surface area contributed by atoms with E-state index in [0.29, 0.717) is 5.88 Å². The first kappa shape index (κ1) is 13.6. The molecule has 0 saturated carbocycles. The highest BCUT2D eigenvalue weighted by Gasteiger charge is 2.00. The van der Waals surface area contributed by atoms with E-state index in [1.807, 2.05) is 0 Å². The largest absolute Gasteiger partial charge is 0.125 e. The van der Waals surface area contributed by atoms with Crippen LogP contribution in [-0.4, -0.2) is 11.3 Å². The lowest BCUT2D eigenvalue weighted by molar-refractivity contribution is 0.574. The Labute approximate surface area is 93.0 Å². The maximum Gasteiger partial charge on any atom is 0.0471 e. The minimum Gasteiger partial charge on any atom is -0.125 e. The zero-order chi connectivity index (χ0) is 9.94. The highest BCUT2D eigenvalue weighted by atomic mass is 35.5. The van der Waals surface area contributed by atoms with Gasteiger partial charge in [-0.1, -0.05) is 51.9 Å². The summed E-state index contributed by atoms with van der Waals surface area (Å²) < 4.78 is 0. The Morgan fingerprint density at radius 2 is 1.46 bits per heavy atom. The maximum absolute atomic E-state index is 5.90. The van der Waals surface area contributed by atoms with Gasteiger partial charge in [0.15, 0.2) is 0 Å². The lowest BCUT2D eigenvalue weighted by Crippen LogP contribution is -1.99. The normalized spacial score (nSPS) is 13.2. The summed E-state index contributed by atoms with van der Waals surface area (Å²) in [5.41, 5.74) is 0. The Balaban J connectivity index is 2.91. The molecule has 0 saturated heterocycles. The summed E-state index contributed by atoms with van der Waals surface area (Å²) >= 11 is 11.5. The van der Waals surface area contributed by atoms with Crippen LogP contribution in [0.25, 0.3) is 0 Å². The SMILES string of the molecule is CCCCCCCCCC(Cl)CCl. The van der Waals surface area contributed by atoms with Crippen molar-refractivity contribution in [1.82, 2.24) is 0 Å². The second kappa shape index (κ2) is 10.7. The summed E-state index contributed by atoms with van der Waals surface area (Å²) in [7, 11) is 0. The van der Waals surface area contributed by atoms with E-state index in [2.05, 4.69) is 6.92 Å². The molecular weight excluding hydrogens is 203 g/mol. The molecule has 0 aromatic carbocycles. The van der Waals surface area contributed by atoms with Crippen LogP contribution >= 0.6 is 23.2 Å². The lowest BCUT2D eigenvalue weighted by Gasteiger charge is -2.04. The molecule has 80 valence electrons. The topological polar surface area (TPSA) is 0 Å². The quantitative estimate of drug-likeness (QED) is 0.383. The second-order valence-electron chi connectivity index (χ2n) is 3.66. The highest BCUT2D eigenvalue weighted by molar-refractivity contribution is 6.28. The Morgan fingerprint density at radius 1 is 0.923 bits per heavy atom. The monoisotopic (exact) mass is 224 g/mol. The van der Waals surface area contributed by atoms with E-state index in [1.165, 1.54) is 44.9 Å². The molecule has 0 N–H and O–H groups in total. The molecule has 1 unspecified atom stereocenters. The number of halogens is 2. The van der Waals surface area contributed by atoms with Crippen LogP contribution in [0.15, 0.2) is 0 Å². The molecule has 0 heterocycles. The van der Waals surface area contributed by atoms with Crippen molar-refractivity contribution in [3.63, 3.8) is 0 Å². The number of hydrogen-bond acceptors (Lipinski definition) is 0. The standard InChI is InChI=1S/C11H22Cl2/c1-2-3-4-5-6-7-8-9-11(13)10-12/h11H,2-10H2,1H3. The predicted octanol–water partition coefficient (Wildman–Crippen LogP) is 4.97. The minimum atomic E-state index is 0.192. The van der Waals surface area contributed by atoms with Gasteiger partial charge in [-0.15, -0.1) is 23.2 Å². The van der Waals surface area contributed by atoms with Crippen LogP contribution in [-0.2, 0) is 0 Å². The number of hydrogen-bond donors (Lipinski definition) is 0. The molecule has 0 aromatic heterocycles. The third kappa shape index (κ3) is 10.5. The third-order valence-corrected chi connectivity index (χ3v) is 3.19. The van der Waals surface area contributed by atoms with Gasteiger partial charge in [-0.25, -0.2) is 0 Å². The number of unbranched alkanes of at least 4 members (excludes halogenated alkanes) is 6. The molecule has 0 radical (unpaired) electrons. The summed E-state index contributed by atoms with van der Waals surface area (Å²) in [5.74, 6) is 0.595. The van der Waals surface area contributed by atoms with Gasteiger partial charge in [-0.05, 0) is 6.42 Å². The first-order chi connectivity index (χ1) is 6.31. The summed E-state index contributed by atoms with van der Waals surface area (Å²) in [6.07, 6.45) is 10.5. The van der Waals surface area contributed by atoms with Gasteiger partial charge in [-0.3, -0.25) is 0 Å². The highest BCUT2D eigenvalue weighted by Crippen LogP contribution is 2.12. The van der Waals surface area contributed by atoms with Crippen molar-refractivity contribution in [2.75, 3.05) is 5.88 Å². The maximum atomic E-state index is 5.90. The molecule has 13 heavy (non-hydrogen) atoms. The Morgan fingerprint density at radius 3 is 2.00 bits per heavy atom. The fraction of sp³-hybridized carbons (Fsp3) is 1.00. The van der Waals surface area contributed by atoms with Crippen LogP contribution in [0.1, 0.15) is 58.3 Å². The van der Waals surface area contributed by atoms with Crippen molar-refractivity contribution < 1.29 is 0 Å². The molecule has 0 fully saturated rings. The second-order valence-corrected chi connectivity index (χ2v) is 4.59. The van der Waals surface area contributed by atoms with Crippen LogP contribution in [0.5, 0.6) is 0 Å². The molecule has 0 spiro atoms. The van der Waals surface area contributed by atoms with Crippen molar-refractivity contribution >= 4 is 23.2 Å². The Bertz CT molecular complexity index is 94.1. The molecule has 0 aromatic rings. The van der Waals surface area contributed by atoms with Gasteiger partial charge < -0.3 is 0 Å². The summed E-state index contributed by atoms with van der Waals surface area (Å²) in [5, 5.41) is 0.192. The number of alkyl halides is 2. The van der Waals surface area contributed by atoms with E-state index < -0.39 is 0 Å². The van der Waals surface area contributed by atoms with E-state index in [4.69, 9.17) is 23.2 Å². The molecule has 2 heteroatoms. The third-order valence-electron chi connectivity index (χ3n) is 2.29. The van der Waals surface area contributed by atoms with E-state index >= 15 is 0 Å². The van der Waals surface area contributed by atoms with Crippen LogP contribution in [0.2, 0.25) is 0 Å². The molecular formula is C11H22Cl2. The molecule has 0 aliphatic heterocycles.